The van der Waals surface area contributed by atoms with Gasteiger partial charge in [0.1, 0.15) is 0 Å². The molecule has 10 heteroatoms. The summed E-state index contributed by atoms with van der Waals surface area (Å²) >= 11 is 0. The van der Waals surface area contributed by atoms with Crippen molar-refractivity contribution in [3.63, 3.8) is 0 Å². The number of aromatic carboxylic acids is 2. The normalized spacial score (nSPS) is 11.0. The van der Waals surface area contributed by atoms with Crippen LogP contribution in [-0.4, -0.2) is 47.6 Å². The first kappa shape index (κ1) is 50.7. The van der Waals surface area contributed by atoms with Gasteiger partial charge in [-0.25, -0.2) is 19.2 Å². The van der Waals surface area contributed by atoms with Crippen LogP contribution in [0.5, 0.6) is 0 Å². The highest BCUT2D eigenvalue weighted by atomic mass is 16.6. The van der Waals surface area contributed by atoms with Crippen LogP contribution < -0.4 is 10.6 Å². The highest BCUT2D eigenvalue weighted by molar-refractivity contribution is 6.11. The van der Waals surface area contributed by atoms with Crippen LogP contribution in [0.25, 0.3) is 0 Å². The van der Waals surface area contributed by atoms with E-state index < -0.39 is 24.1 Å². The molecule has 0 aliphatic heterocycles. The maximum atomic E-state index is 12.7. The van der Waals surface area contributed by atoms with Crippen LogP contribution in [0, 0.1) is 0 Å². The fourth-order valence-corrected chi connectivity index (χ4v) is 7.13. The largest absolute Gasteiger partial charge is 0.478 e. The summed E-state index contributed by atoms with van der Waals surface area (Å²) in [7, 11) is 0. The van der Waals surface area contributed by atoms with E-state index >= 15 is 0 Å². The van der Waals surface area contributed by atoms with Crippen molar-refractivity contribution in [2.75, 3.05) is 23.8 Å². The molecule has 0 radical (unpaired) electrons. The molecule has 0 saturated heterocycles. The van der Waals surface area contributed by atoms with Gasteiger partial charge in [-0.05, 0) is 25.0 Å². The monoisotopic (exact) mass is 789 g/mol. The summed E-state index contributed by atoms with van der Waals surface area (Å²) in [5.74, 6) is -2.81. The molecule has 0 heterocycles. The molecule has 1 rings (SSSR count). The Morgan fingerprint density at radius 2 is 0.607 bits per heavy atom. The molecule has 0 aromatic heterocycles. The Morgan fingerprint density at radius 3 is 0.821 bits per heavy atom. The molecule has 0 aliphatic carbocycles. The number of carboxylic acid groups (broad SMARTS) is 2. The van der Waals surface area contributed by atoms with Crippen molar-refractivity contribution in [1.29, 1.82) is 0 Å². The van der Waals surface area contributed by atoms with Crippen LogP contribution in [0.3, 0.4) is 0 Å². The number of nitrogens with one attached hydrogen (secondary N) is 2. The average molecular weight is 789 g/mol. The van der Waals surface area contributed by atoms with Crippen LogP contribution in [0.1, 0.15) is 240 Å². The van der Waals surface area contributed by atoms with Crippen LogP contribution in [-0.2, 0) is 9.47 Å². The van der Waals surface area contributed by atoms with Gasteiger partial charge in [-0.2, -0.15) is 0 Å². The molecule has 0 saturated carbocycles. The smallest absolute Gasteiger partial charge is 0.411 e. The SMILES string of the molecule is CCCCCCCCCCCCCCCCCCOC(=O)Nc1c(C(=O)O)ccc(C(=O)O)c1NC(=O)OCCCCCCCCCCCCCCCCCC. The molecule has 1 aromatic rings. The highest BCUT2D eigenvalue weighted by Crippen LogP contribution is 2.31. The van der Waals surface area contributed by atoms with Crippen LogP contribution in [0.2, 0.25) is 0 Å². The number of benzene rings is 1. The van der Waals surface area contributed by atoms with Crippen molar-refractivity contribution in [3.8, 4) is 0 Å². The van der Waals surface area contributed by atoms with Crippen LogP contribution in [0.15, 0.2) is 12.1 Å². The van der Waals surface area contributed by atoms with Crippen LogP contribution >= 0.6 is 0 Å². The zero-order valence-corrected chi connectivity index (χ0v) is 35.5. The number of carboxylic acids is 2. The minimum absolute atomic E-state index is 0.134. The van der Waals surface area contributed by atoms with E-state index in [0.717, 1.165) is 50.7 Å². The maximum Gasteiger partial charge on any atom is 0.411 e. The van der Waals surface area contributed by atoms with Crippen LogP contribution in [0.4, 0.5) is 21.0 Å². The second kappa shape index (κ2) is 36.1. The summed E-state index contributed by atoms with van der Waals surface area (Å²) < 4.78 is 10.6. The number of carbonyl (C=O) groups is 4. The Bertz CT molecular complexity index is 1090. The molecule has 10 nitrogen and oxygen atoms in total. The van der Waals surface area contributed by atoms with Crippen molar-refractivity contribution in [3.05, 3.63) is 23.3 Å². The molecule has 322 valence electrons. The standard InChI is InChI=1S/C46H80N2O8/c1-3-5-7-9-11-13-15-17-19-21-23-25-27-29-31-33-37-55-45(53)47-41-39(43(49)50)35-36-40(44(51)52)42(41)48-46(54)56-38-34-32-30-28-26-24-22-20-18-16-14-12-10-8-6-4-2/h35-36H,3-34,37-38H2,1-2H3,(H,47,53)(H,48,54)(H,49,50)(H,51,52). The van der Waals surface area contributed by atoms with E-state index in [1.807, 2.05) is 0 Å². The summed E-state index contributed by atoms with van der Waals surface area (Å²) in [6.07, 6.45) is 37.4. The molecule has 4 N–H and O–H groups in total. The average Bonchev–Trinajstić information content (AvgIpc) is 3.17. The lowest BCUT2D eigenvalue weighted by molar-refractivity contribution is 0.0682. The summed E-state index contributed by atoms with van der Waals surface area (Å²) in [6.45, 7) is 4.77. The third-order valence-corrected chi connectivity index (χ3v) is 10.6. The van der Waals surface area contributed by atoms with E-state index in [1.165, 1.54) is 154 Å². The van der Waals surface area contributed by atoms with E-state index in [0.29, 0.717) is 12.8 Å². The Morgan fingerprint density at radius 1 is 0.393 bits per heavy atom. The van der Waals surface area contributed by atoms with E-state index in [4.69, 9.17) is 9.47 Å². The molecule has 0 fully saturated rings. The van der Waals surface area contributed by atoms with Gasteiger partial charge in [0.2, 0.25) is 0 Å². The molecule has 2 amide bonds. The number of rotatable bonds is 38. The van der Waals surface area contributed by atoms with E-state index in [1.54, 1.807) is 0 Å². The minimum Gasteiger partial charge on any atom is -0.478 e. The second-order valence-corrected chi connectivity index (χ2v) is 15.6. The minimum atomic E-state index is -1.40. The molecule has 1 aromatic carbocycles. The van der Waals surface area contributed by atoms with Gasteiger partial charge in [0, 0.05) is 0 Å². The van der Waals surface area contributed by atoms with Crippen molar-refractivity contribution >= 4 is 35.5 Å². The fraction of sp³-hybridized carbons (Fsp3) is 0.783. The van der Waals surface area contributed by atoms with Gasteiger partial charge in [-0.15, -0.1) is 0 Å². The third-order valence-electron chi connectivity index (χ3n) is 10.6. The molecule has 0 unspecified atom stereocenters. The maximum absolute atomic E-state index is 12.7. The number of ether oxygens (including phenoxy) is 2. The van der Waals surface area contributed by atoms with Gasteiger partial charge in [0.25, 0.3) is 0 Å². The van der Waals surface area contributed by atoms with Gasteiger partial charge >= 0.3 is 24.1 Å². The Balaban J connectivity index is 2.32. The van der Waals surface area contributed by atoms with Gasteiger partial charge in [-0.1, -0.05) is 206 Å². The Kier molecular flexibility index (Phi) is 32.7. The van der Waals surface area contributed by atoms with Gasteiger partial charge < -0.3 is 19.7 Å². The summed E-state index contributed by atoms with van der Waals surface area (Å²) in [4.78, 5) is 49.4. The van der Waals surface area contributed by atoms with Crippen molar-refractivity contribution < 1.29 is 38.9 Å². The molecule has 0 bridgehead atoms. The van der Waals surface area contributed by atoms with Crippen molar-refractivity contribution in [2.45, 2.75) is 219 Å². The number of anilines is 2. The molecule has 0 aliphatic rings. The lowest BCUT2D eigenvalue weighted by atomic mass is 10.0. The van der Waals surface area contributed by atoms with E-state index in [2.05, 4.69) is 24.5 Å². The first-order valence-electron chi connectivity index (χ1n) is 22.8. The number of hydrogen-bond acceptors (Lipinski definition) is 6. The molecular formula is C46H80N2O8. The van der Waals surface area contributed by atoms with Crippen molar-refractivity contribution in [2.24, 2.45) is 0 Å². The van der Waals surface area contributed by atoms with Gasteiger partial charge in [0.05, 0.1) is 35.7 Å². The summed E-state index contributed by atoms with van der Waals surface area (Å²) in [6, 6.07) is 2.15. The summed E-state index contributed by atoms with van der Waals surface area (Å²) in [5.41, 5.74) is -1.51. The Labute approximate surface area is 340 Å². The predicted octanol–water partition coefficient (Wildman–Crippen LogP) is 14.7. The summed E-state index contributed by atoms with van der Waals surface area (Å²) in [5, 5.41) is 24.3. The van der Waals surface area contributed by atoms with E-state index in [-0.39, 0.29) is 35.7 Å². The zero-order valence-electron chi connectivity index (χ0n) is 35.5. The fourth-order valence-electron chi connectivity index (χ4n) is 7.13. The van der Waals surface area contributed by atoms with Gasteiger partial charge in [0.15, 0.2) is 0 Å². The first-order chi connectivity index (χ1) is 27.3. The molecule has 0 spiro atoms. The number of unbranched alkanes of at least 4 members (excludes halogenated alkanes) is 30. The van der Waals surface area contributed by atoms with E-state index in [9.17, 15) is 29.4 Å². The topological polar surface area (TPSA) is 151 Å². The second-order valence-electron chi connectivity index (χ2n) is 15.6. The molecular weight excluding hydrogens is 709 g/mol. The van der Waals surface area contributed by atoms with Gasteiger partial charge in [-0.3, -0.25) is 10.6 Å². The highest BCUT2D eigenvalue weighted by Gasteiger charge is 2.25. The third kappa shape index (κ3) is 27.3. The molecule has 0 atom stereocenters. The Hall–Kier alpha value is -3.30. The predicted molar refractivity (Wildman–Crippen MR) is 229 cm³/mol. The number of amides is 2. The quantitative estimate of drug-likeness (QED) is 0.0483. The zero-order chi connectivity index (χ0) is 40.9. The lowest BCUT2D eigenvalue weighted by Crippen LogP contribution is -2.22. The van der Waals surface area contributed by atoms with Crippen molar-refractivity contribution in [1.82, 2.24) is 0 Å². The number of hydrogen-bond donors (Lipinski definition) is 4. The first-order valence-corrected chi connectivity index (χ1v) is 22.8. The lowest BCUT2D eigenvalue weighted by Gasteiger charge is -2.17. The molecule has 56 heavy (non-hydrogen) atoms. The number of carbonyl (C=O) groups excluding carboxylic acids is 2.